The summed E-state index contributed by atoms with van der Waals surface area (Å²) in [6.07, 6.45) is 0. The lowest BCUT2D eigenvalue weighted by Crippen LogP contribution is -2.48. The van der Waals surface area contributed by atoms with Gasteiger partial charge in [0.05, 0.1) is 5.75 Å². The van der Waals surface area contributed by atoms with Gasteiger partial charge in [0.2, 0.25) is 10.0 Å². The zero-order valence-electron chi connectivity index (χ0n) is 10.3. The van der Waals surface area contributed by atoms with Crippen LogP contribution in [-0.2, 0) is 10.0 Å². The highest BCUT2D eigenvalue weighted by Crippen LogP contribution is 2.08. The van der Waals surface area contributed by atoms with E-state index in [4.69, 9.17) is 0 Å². The van der Waals surface area contributed by atoms with Crippen LogP contribution >= 0.6 is 0 Å². The van der Waals surface area contributed by atoms with E-state index in [0.717, 1.165) is 0 Å². The average Bonchev–Trinajstić information content (AvgIpc) is 2.12. The normalized spacial score (nSPS) is 13.5. The first kappa shape index (κ1) is 14.8. The number of sulfonamides is 1. The van der Waals surface area contributed by atoms with E-state index in [2.05, 4.69) is 10.0 Å². The Morgan fingerprint density at radius 1 is 1.27 bits per heavy atom. The smallest absolute Gasteiger partial charge is 0.212 e. The molecule has 2 N–H and O–H groups in total. The fourth-order valence-corrected chi connectivity index (χ4v) is 1.94. The zero-order chi connectivity index (χ0) is 12.1. The van der Waals surface area contributed by atoms with E-state index in [1.807, 2.05) is 32.8 Å². The van der Waals surface area contributed by atoms with Crippen LogP contribution in [0, 0.1) is 0 Å². The van der Waals surface area contributed by atoms with Crippen LogP contribution in [0.5, 0.6) is 0 Å². The molecule has 0 heterocycles. The van der Waals surface area contributed by atoms with Crippen molar-refractivity contribution in [1.29, 1.82) is 0 Å². The molecule has 0 saturated heterocycles. The fourth-order valence-electron chi connectivity index (χ4n) is 0.753. The van der Waals surface area contributed by atoms with Crippen LogP contribution in [-0.4, -0.2) is 58.8 Å². The van der Waals surface area contributed by atoms with Crippen molar-refractivity contribution in [2.24, 2.45) is 0 Å². The molecule has 0 fully saturated rings. The molecule has 0 aromatic heterocycles. The van der Waals surface area contributed by atoms with Crippen molar-refractivity contribution in [3.63, 3.8) is 0 Å². The van der Waals surface area contributed by atoms with Gasteiger partial charge in [-0.3, -0.25) is 0 Å². The summed E-state index contributed by atoms with van der Waals surface area (Å²) in [6.45, 7) is 4.88. The summed E-state index contributed by atoms with van der Waals surface area (Å²) in [6, 6.07) is 0. The second kappa shape index (κ2) is 5.79. The van der Waals surface area contributed by atoms with Crippen molar-refractivity contribution in [1.82, 2.24) is 14.9 Å². The molecule has 0 aromatic rings. The summed E-state index contributed by atoms with van der Waals surface area (Å²) in [4.78, 5) is 1.99. The van der Waals surface area contributed by atoms with E-state index in [1.54, 1.807) is 7.05 Å². The van der Waals surface area contributed by atoms with Gasteiger partial charge in [0.1, 0.15) is 0 Å². The highest BCUT2D eigenvalue weighted by atomic mass is 32.2. The predicted octanol–water partition coefficient (Wildman–Crippen LogP) is -0.535. The number of nitrogens with one attached hydrogen (secondary N) is 2. The maximum atomic E-state index is 11.5. The van der Waals surface area contributed by atoms with E-state index >= 15 is 0 Å². The van der Waals surface area contributed by atoms with Crippen LogP contribution in [0.4, 0.5) is 0 Å². The minimum atomic E-state index is -3.15. The van der Waals surface area contributed by atoms with Crippen LogP contribution in [0.3, 0.4) is 0 Å². The van der Waals surface area contributed by atoms with Gasteiger partial charge in [0, 0.05) is 18.6 Å². The van der Waals surface area contributed by atoms with Gasteiger partial charge in [-0.1, -0.05) is 0 Å². The lowest BCUT2D eigenvalue weighted by atomic mass is 10.1. The molecule has 0 aromatic carbocycles. The van der Waals surface area contributed by atoms with E-state index in [-0.39, 0.29) is 11.3 Å². The number of hydrogen-bond donors (Lipinski definition) is 2. The summed E-state index contributed by atoms with van der Waals surface area (Å²) in [7, 11) is 2.45. The molecule has 0 rings (SSSR count). The van der Waals surface area contributed by atoms with E-state index in [1.165, 1.54) is 0 Å². The van der Waals surface area contributed by atoms with Gasteiger partial charge in [-0.25, -0.2) is 13.1 Å². The lowest BCUT2D eigenvalue weighted by molar-refractivity contribution is 0.199. The molecule has 0 unspecified atom stereocenters. The van der Waals surface area contributed by atoms with Crippen molar-refractivity contribution >= 4 is 10.0 Å². The van der Waals surface area contributed by atoms with Crippen molar-refractivity contribution in [3.8, 4) is 0 Å². The molecule has 92 valence electrons. The Kier molecular flexibility index (Phi) is 5.72. The minimum Gasteiger partial charge on any atom is -0.319 e. The average molecular weight is 237 g/mol. The van der Waals surface area contributed by atoms with Crippen LogP contribution < -0.4 is 10.0 Å². The summed E-state index contributed by atoms with van der Waals surface area (Å²) < 4.78 is 25.6. The molecule has 15 heavy (non-hydrogen) atoms. The Morgan fingerprint density at radius 3 is 2.20 bits per heavy atom. The third-order valence-electron chi connectivity index (χ3n) is 2.56. The molecular formula is C9H23N3O2S. The number of rotatable bonds is 7. The molecule has 6 heteroatoms. The molecular weight excluding hydrogens is 214 g/mol. The van der Waals surface area contributed by atoms with Gasteiger partial charge >= 0.3 is 0 Å². The first-order chi connectivity index (χ1) is 6.71. The molecule has 5 nitrogen and oxygen atoms in total. The van der Waals surface area contributed by atoms with Gasteiger partial charge in [-0.15, -0.1) is 0 Å². The molecule has 0 aliphatic rings. The van der Waals surface area contributed by atoms with E-state index in [0.29, 0.717) is 13.1 Å². The van der Waals surface area contributed by atoms with Crippen molar-refractivity contribution in [2.45, 2.75) is 19.4 Å². The highest BCUT2D eigenvalue weighted by Gasteiger charge is 2.22. The highest BCUT2D eigenvalue weighted by molar-refractivity contribution is 7.89. The third-order valence-corrected chi connectivity index (χ3v) is 3.88. The van der Waals surface area contributed by atoms with Gasteiger partial charge in [0.15, 0.2) is 0 Å². The Hall–Kier alpha value is -0.170. The second-order valence-electron chi connectivity index (χ2n) is 4.45. The van der Waals surface area contributed by atoms with Gasteiger partial charge in [-0.05, 0) is 35.0 Å². The molecule has 0 atom stereocenters. The van der Waals surface area contributed by atoms with Gasteiger partial charge in [-0.2, -0.15) is 0 Å². The zero-order valence-corrected chi connectivity index (χ0v) is 11.1. The quantitative estimate of drug-likeness (QED) is 0.625. The molecule has 0 spiro atoms. The standard InChI is InChI=1S/C9H23N3O2S/c1-9(2,12(4)5)8-11-15(13,14)7-6-10-3/h10-11H,6-8H2,1-5H3. The largest absolute Gasteiger partial charge is 0.319 e. The Balaban J connectivity index is 4.15. The predicted molar refractivity (Wildman–Crippen MR) is 63.5 cm³/mol. The molecule has 0 saturated carbocycles. The van der Waals surface area contributed by atoms with E-state index in [9.17, 15) is 8.42 Å². The second-order valence-corrected chi connectivity index (χ2v) is 6.38. The number of hydrogen-bond acceptors (Lipinski definition) is 4. The van der Waals surface area contributed by atoms with Crippen molar-refractivity contribution < 1.29 is 8.42 Å². The number of likely N-dealkylation sites (N-methyl/N-ethyl adjacent to an activating group) is 1. The SMILES string of the molecule is CNCCS(=O)(=O)NCC(C)(C)N(C)C. The Labute approximate surface area is 93.3 Å². The monoisotopic (exact) mass is 237 g/mol. The summed E-state index contributed by atoms with van der Waals surface area (Å²) in [5.74, 6) is 0.118. The lowest BCUT2D eigenvalue weighted by Gasteiger charge is -2.32. The maximum absolute atomic E-state index is 11.5. The van der Waals surface area contributed by atoms with E-state index < -0.39 is 10.0 Å². The van der Waals surface area contributed by atoms with Crippen LogP contribution in [0.1, 0.15) is 13.8 Å². The summed E-state index contributed by atoms with van der Waals surface area (Å²) in [5, 5.41) is 2.81. The minimum absolute atomic E-state index is 0.118. The third kappa shape index (κ3) is 6.09. The first-order valence-corrected chi connectivity index (χ1v) is 6.66. The molecule has 0 aliphatic carbocycles. The molecule has 0 bridgehead atoms. The van der Waals surface area contributed by atoms with Gasteiger partial charge in [0.25, 0.3) is 0 Å². The van der Waals surface area contributed by atoms with Crippen LogP contribution in [0.25, 0.3) is 0 Å². The summed E-state index contributed by atoms with van der Waals surface area (Å²) >= 11 is 0. The molecule has 0 amide bonds. The van der Waals surface area contributed by atoms with Crippen molar-refractivity contribution in [3.05, 3.63) is 0 Å². The topological polar surface area (TPSA) is 61.4 Å². The maximum Gasteiger partial charge on any atom is 0.212 e. The molecule has 0 aliphatic heterocycles. The summed E-state index contributed by atoms with van der Waals surface area (Å²) in [5.41, 5.74) is -0.174. The Bertz CT molecular complexity index is 273. The molecule has 0 radical (unpaired) electrons. The van der Waals surface area contributed by atoms with Crippen LogP contribution in [0.15, 0.2) is 0 Å². The van der Waals surface area contributed by atoms with Gasteiger partial charge < -0.3 is 10.2 Å². The number of nitrogens with zero attached hydrogens (tertiary/aromatic N) is 1. The van der Waals surface area contributed by atoms with Crippen LogP contribution in [0.2, 0.25) is 0 Å². The fraction of sp³-hybridized carbons (Fsp3) is 1.00. The van der Waals surface area contributed by atoms with Crippen molar-refractivity contribution in [2.75, 3.05) is 40.0 Å². The first-order valence-electron chi connectivity index (χ1n) is 5.00. The Morgan fingerprint density at radius 2 is 1.80 bits per heavy atom.